The van der Waals surface area contributed by atoms with Gasteiger partial charge < -0.3 is 14.6 Å². The first-order chi connectivity index (χ1) is 11.5. The van der Waals surface area contributed by atoms with Gasteiger partial charge in [0.05, 0.1) is 18.5 Å². The summed E-state index contributed by atoms with van der Waals surface area (Å²) in [7, 11) is 1.67. The summed E-state index contributed by atoms with van der Waals surface area (Å²) in [5.74, 6) is 0.273. The van der Waals surface area contributed by atoms with E-state index in [9.17, 15) is 14.0 Å². The summed E-state index contributed by atoms with van der Waals surface area (Å²) in [5.41, 5.74) is 0.749. The zero-order valence-corrected chi connectivity index (χ0v) is 13.6. The molecule has 2 heterocycles. The van der Waals surface area contributed by atoms with Gasteiger partial charge in [0.25, 0.3) is 0 Å². The molecule has 0 aliphatic carbocycles. The highest BCUT2D eigenvalue weighted by Crippen LogP contribution is 2.37. The second kappa shape index (κ2) is 6.47. The van der Waals surface area contributed by atoms with Crippen LogP contribution in [-0.4, -0.2) is 23.8 Å². The summed E-state index contributed by atoms with van der Waals surface area (Å²) in [6.45, 7) is 2.11. The van der Waals surface area contributed by atoms with Gasteiger partial charge in [-0.15, -0.1) is 0 Å². The molecule has 2 amide bonds. The number of hydrogen-bond acceptors (Lipinski definition) is 3. The normalized spacial score (nSPS) is 20.5. The van der Waals surface area contributed by atoms with E-state index < -0.39 is 12.0 Å². The van der Waals surface area contributed by atoms with Gasteiger partial charge in [0, 0.05) is 13.5 Å². The zero-order chi connectivity index (χ0) is 17.3. The van der Waals surface area contributed by atoms with E-state index in [0.717, 1.165) is 11.3 Å². The average molecular weight is 330 g/mol. The third-order valence-corrected chi connectivity index (χ3v) is 4.37. The highest BCUT2D eigenvalue weighted by molar-refractivity contribution is 5.90. The number of rotatable bonds is 4. The number of benzene rings is 1. The highest BCUT2D eigenvalue weighted by atomic mass is 19.1. The minimum atomic E-state index is -0.510. The molecule has 1 aliphatic rings. The van der Waals surface area contributed by atoms with Crippen LogP contribution in [0.3, 0.4) is 0 Å². The molecule has 24 heavy (non-hydrogen) atoms. The molecular formula is C18H19FN2O3. The van der Waals surface area contributed by atoms with Crippen molar-refractivity contribution in [1.82, 2.24) is 10.2 Å². The third-order valence-electron chi connectivity index (χ3n) is 4.37. The van der Waals surface area contributed by atoms with E-state index in [0.29, 0.717) is 5.76 Å². The molecule has 126 valence electrons. The van der Waals surface area contributed by atoms with Gasteiger partial charge in [-0.2, -0.15) is 0 Å². The van der Waals surface area contributed by atoms with Crippen LogP contribution >= 0.6 is 0 Å². The minimum absolute atomic E-state index is 0.0988. The molecule has 2 atom stereocenters. The first-order valence-corrected chi connectivity index (χ1v) is 7.80. The third kappa shape index (κ3) is 3.18. The number of likely N-dealkylation sites (tertiary alicyclic amines) is 1. The van der Waals surface area contributed by atoms with Crippen LogP contribution in [0.25, 0.3) is 0 Å². The van der Waals surface area contributed by atoms with E-state index in [2.05, 4.69) is 5.32 Å². The fourth-order valence-electron chi connectivity index (χ4n) is 3.11. The first kappa shape index (κ1) is 16.2. The number of nitrogens with zero attached hydrogens (tertiary/aromatic N) is 1. The molecular weight excluding hydrogens is 311 g/mol. The second-order valence-corrected chi connectivity index (χ2v) is 6.04. The second-order valence-electron chi connectivity index (χ2n) is 6.04. The standard InChI is InChI=1S/C18H19FN2O3/c1-11-3-8-14(24-11)10-20-18(23)15-9-16(22)21(2)17(15)12-4-6-13(19)7-5-12/h3-8,15,17H,9-10H2,1-2H3,(H,20,23)/t15-,17-/m0/s1. The molecule has 0 radical (unpaired) electrons. The Balaban J connectivity index is 1.75. The predicted octanol–water partition coefficient (Wildman–Crippen LogP) is 2.56. The molecule has 1 aromatic carbocycles. The molecule has 1 saturated heterocycles. The summed E-state index contributed by atoms with van der Waals surface area (Å²) in [6, 6.07) is 9.15. The van der Waals surface area contributed by atoms with Crippen LogP contribution in [0, 0.1) is 18.7 Å². The molecule has 1 N–H and O–H groups in total. The average Bonchev–Trinajstić information content (AvgIpc) is 3.10. The van der Waals surface area contributed by atoms with E-state index in [-0.39, 0.29) is 30.6 Å². The number of nitrogens with one attached hydrogen (secondary N) is 1. The number of halogens is 1. The number of hydrogen-bond donors (Lipinski definition) is 1. The number of furan rings is 1. The van der Waals surface area contributed by atoms with Gasteiger partial charge in [-0.25, -0.2) is 4.39 Å². The van der Waals surface area contributed by atoms with E-state index in [1.165, 1.54) is 12.1 Å². The number of carbonyl (C=O) groups excluding carboxylic acids is 2. The number of amides is 2. The van der Waals surface area contributed by atoms with Gasteiger partial charge in [0.1, 0.15) is 17.3 Å². The van der Waals surface area contributed by atoms with Crippen molar-refractivity contribution >= 4 is 11.8 Å². The van der Waals surface area contributed by atoms with Crippen molar-refractivity contribution in [3.8, 4) is 0 Å². The molecule has 0 saturated carbocycles. The Morgan fingerprint density at radius 3 is 2.62 bits per heavy atom. The maximum absolute atomic E-state index is 13.1. The van der Waals surface area contributed by atoms with Crippen LogP contribution in [0.1, 0.15) is 29.5 Å². The Hall–Kier alpha value is -2.63. The summed E-state index contributed by atoms with van der Waals surface area (Å²) in [6.07, 6.45) is 0.140. The van der Waals surface area contributed by atoms with Gasteiger partial charge in [-0.3, -0.25) is 9.59 Å². The molecule has 5 nitrogen and oxygen atoms in total. The van der Waals surface area contributed by atoms with Crippen molar-refractivity contribution in [2.75, 3.05) is 7.05 Å². The lowest BCUT2D eigenvalue weighted by Gasteiger charge is -2.24. The van der Waals surface area contributed by atoms with Crippen LogP contribution in [0.2, 0.25) is 0 Å². The summed E-state index contributed by atoms with van der Waals surface area (Å²) in [4.78, 5) is 26.2. The molecule has 1 aromatic heterocycles. The van der Waals surface area contributed by atoms with Crippen LogP contribution in [-0.2, 0) is 16.1 Å². The molecule has 6 heteroatoms. The first-order valence-electron chi connectivity index (χ1n) is 7.80. The molecule has 3 rings (SSSR count). The fraction of sp³-hybridized carbons (Fsp3) is 0.333. The van der Waals surface area contributed by atoms with E-state index in [1.807, 2.05) is 13.0 Å². The number of carbonyl (C=O) groups is 2. The lowest BCUT2D eigenvalue weighted by Crippen LogP contribution is -2.34. The monoisotopic (exact) mass is 330 g/mol. The van der Waals surface area contributed by atoms with Crippen LogP contribution in [0.15, 0.2) is 40.8 Å². The van der Waals surface area contributed by atoms with E-state index in [4.69, 9.17) is 4.42 Å². The summed E-state index contributed by atoms with van der Waals surface area (Å²) in [5, 5.41) is 2.82. The highest BCUT2D eigenvalue weighted by Gasteiger charge is 2.42. The molecule has 0 unspecified atom stereocenters. The summed E-state index contributed by atoms with van der Waals surface area (Å²) >= 11 is 0. The Bertz CT molecular complexity index is 754. The van der Waals surface area contributed by atoms with Crippen molar-refractivity contribution in [2.45, 2.75) is 25.9 Å². The van der Waals surface area contributed by atoms with Crippen molar-refractivity contribution in [1.29, 1.82) is 0 Å². The Morgan fingerprint density at radius 2 is 2.00 bits per heavy atom. The Labute approximate surface area is 139 Å². The smallest absolute Gasteiger partial charge is 0.226 e. The largest absolute Gasteiger partial charge is 0.465 e. The van der Waals surface area contributed by atoms with Crippen molar-refractivity contribution in [3.63, 3.8) is 0 Å². The Kier molecular flexibility index (Phi) is 4.38. The molecule has 1 aliphatic heterocycles. The van der Waals surface area contributed by atoms with Crippen LogP contribution in [0.5, 0.6) is 0 Å². The maximum Gasteiger partial charge on any atom is 0.226 e. The van der Waals surface area contributed by atoms with Gasteiger partial charge in [-0.05, 0) is 36.8 Å². The quantitative estimate of drug-likeness (QED) is 0.937. The summed E-state index contributed by atoms with van der Waals surface area (Å²) < 4.78 is 18.6. The Morgan fingerprint density at radius 1 is 1.29 bits per heavy atom. The molecule has 0 spiro atoms. The number of aryl methyl sites for hydroxylation is 1. The van der Waals surface area contributed by atoms with Crippen LogP contribution < -0.4 is 5.32 Å². The lowest BCUT2D eigenvalue weighted by atomic mass is 9.93. The van der Waals surface area contributed by atoms with Crippen molar-refractivity contribution in [3.05, 3.63) is 59.3 Å². The lowest BCUT2D eigenvalue weighted by molar-refractivity contribution is -0.128. The van der Waals surface area contributed by atoms with Crippen molar-refractivity contribution < 1.29 is 18.4 Å². The van der Waals surface area contributed by atoms with Gasteiger partial charge in [-0.1, -0.05) is 12.1 Å². The minimum Gasteiger partial charge on any atom is -0.465 e. The van der Waals surface area contributed by atoms with Gasteiger partial charge >= 0.3 is 0 Å². The van der Waals surface area contributed by atoms with E-state index >= 15 is 0 Å². The van der Waals surface area contributed by atoms with E-state index in [1.54, 1.807) is 30.1 Å². The van der Waals surface area contributed by atoms with Crippen LogP contribution in [0.4, 0.5) is 4.39 Å². The predicted molar refractivity (Wildman–Crippen MR) is 85.3 cm³/mol. The van der Waals surface area contributed by atoms with Crippen molar-refractivity contribution in [2.24, 2.45) is 5.92 Å². The zero-order valence-electron chi connectivity index (χ0n) is 13.6. The van der Waals surface area contributed by atoms with Gasteiger partial charge in [0.2, 0.25) is 11.8 Å². The maximum atomic E-state index is 13.1. The fourth-order valence-corrected chi connectivity index (χ4v) is 3.11. The molecule has 0 bridgehead atoms. The SMILES string of the molecule is Cc1ccc(CNC(=O)[C@H]2CC(=O)N(C)[C@H]2c2ccc(F)cc2)o1. The molecule has 2 aromatic rings. The molecule has 1 fully saturated rings. The topological polar surface area (TPSA) is 62.6 Å². The van der Waals surface area contributed by atoms with Gasteiger partial charge in [0.15, 0.2) is 0 Å².